The fourth-order valence-electron chi connectivity index (χ4n) is 3.69. The number of hydrogen-bond donors (Lipinski definition) is 3. The van der Waals surface area contributed by atoms with Crippen LogP contribution in [0.3, 0.4) is 0 Å². The lowest BCUT2D eigenvalue weighted by atomic mass is 9.93. The summed E-state index contributed by atoms with van der Waals surface area (Å²) in [5.74, 6) is -1.74. The van der Waals surface area contributed by atoms with Gasteiger partial charge in [0.1, 0.15) is 0 Å². The third kappa shape index (κ3) is 4.56. The lowest BCUT2D eigenvalue weighted by Crippen LogP contribution is -2.05. The summed E-state index contributed by atoms with van der Waals surface area (Å²) in [5.41, 5.74) is 1.73. The Morgan fingerprint density at radius 3 is 2.06 bits per heavy atom. The molecule has 1 aromatic heterocycles. The lowest BCUT2D eigenvalue weighted by Gasteiger charge is -2.11. The van der Waals surface area contributed by atoms with Crippen molar-refractivity contribution in [2.45, 2.75) is 12.6 Å². The Hall–Kier alpha value is -4.33. The molecular weight excluding hydrogens is 447 g/mol. The average molecular weight is 465 g/mol. The van der Waals surface area contributed by atoms with Crippen LogP contribution in [0.2, 0.25) is 0 Å². The molecule has 0 saturated carbocycles. The smallest absolute Gasteiger partial charge is 0.416 e. The Kier molecular flexibility index (Phi) is 5.98. The van der Waals surface area contributed by atoms with Crippen LogP contribution in [0, 0.1) is 0 Å². The number of halogens is 3. The van der Waals surface area contributed by atoms with Gasteiger partial charge in [-0.15, -0.1) is 0 Å². The summed E-state index contributed by atoms with van der Waals surface area (Å²) < 4.78 is 38.7. The number of nitrogens with one attached hydrogen (secondary N) is 1. The van der Waals surface area contributed by atoms with Gasteiger partial charge in [-0.3, -0.25) is 9.59 Å². The number of aromatic hydroxyl groups is 1. The largest absolute Gasteiger partial charge is 0.505 e. The van der Waals surface area contributed by atoms with Crippen LogP contribution in [0.1, 0.15) is 27.0 Å². The first-order valence-corrected chi connectivity index (χ1v) is 10.2. The molecule has 1 heterocycles. The number of benzene rings is 3. The van der Waals surface area contributed by atoms with Gasteiger partial charge in [-0.05, 0) is 28.8 Å². The predicted octanol–water partition coefficient (Wildman–Crippen LogP) is 5.93. The molecule has 0 aliphatic heterocycles. The van der Waals surface area contributed by atoms with Gasteiger partial charge in [0.25, 0.3) is 0 Å². The minimum Gasteiger partial charge on any atom is -0.505 e. The van der Waals surface area contributed by atoms with Crippen LogP contribution in [0.4, 0.5) is 13.2 Å². The quantitative estimate of drug-likeness (QED) is 0.308. The van der Waals surface area contributed by atoms with Gasteiger partial charge in [-0.2, -0.15) is 13.2 Å². The van der Waals surface area contributed by atoms with Crippen molar-refractivity contribution in [1.29, 1.82) is 0 Å². The number of H-pyrrole nitrogens is 1. The molecule has 3 N–H and O–H groups in total. The standard InChI is InChI=1S/C26H18F3NO4/c27-26(28,29)18-11-9-16(10-12-18)19-3-1-2-4-20(19)24(33)21-14-30-23(25(21)34)17-7-5-15(6-8-17)13-22(31)32/h1-12,14,30,34H,13H2,(H,31,32). The maximum Gasteiger partial charge on any atom is 0.416 e. The van der Waals surface area contributed by atoms with Crippen molar-refractivity contribution in [3.05, 3.63) is 101 Å². The second-order valence-electron chi connectivity index (χ2n) is 7.64. The molecule has 0 bridgehead atoms. The molecule has 0 radical (unpaired) electrons. The number of hydrogen-bond acceptors (Lipinski definition) is 3. The number of carboxylic acids is 1. The van der Waals surface area contributed by atoms with E-state index in [4.69, 9.17) is 5.11 Å². The van der Waals surface area contributed by atoms with E-state index in [0.717, 1.165) is 12.1 Å². The number of aliphatic carboxylic acids is 1. The SMILES string of the molecule is O=C(O)Cc1ccc(-c2[nH]cc(C(=O)c3ccccc3-c3ccc(C(F)(F)F)cc3)c2O)cc1. The van der Waals surface area contributed by atoms with Crippen molar-refractivity contribution >= 4 is 11.8 Å². The van der Waals surface area contributed by atoms with Gasteiger partial charge in [-0.1, -0.05) is 60.7 Å². The first-order valence-electron chi connectivity index (χ1n) is 10.2. The minimum atomic E-state index is -4.47. The van der Waals surface area contributed by atoms with Crippen LogP contribution >= 0.6 is 0 Å². The zero-order valence-corrected chi connectivity index (χ0v) is 17.6. The molecule has 0 aliphatic rings. The van der Waals surface area contributed by atoms with Crippen molar-refractivity contribution in [3.63, 3.8) is 0 Å². The van der Waals surface area contributed by atoms with Crippen LogP contribution in [0.5, 0.6) is 5.75 Å². The van der Waals surface area contributed by atoms with E-state index in [2.05, 4.69) is 4.98 Å². The van der Waals surface area contributed by atoms with Gasteiger partial charge in [0.15, 0.2) is 11.5 Å². The van der Waals surface area contributed by atoms with Crippen LogP contribution in [0.15, 0.2) is 79.0 Å². The van der Waals surface area contributed by atoms with E-state index >= 15 is 0 Å². The Labute approximate surface area is 192 Å². The number of aromatic nitrogens is 1. The molecule has 34 heavy (non-hydrogen) atoms. The zero-order valence-electron chi connectivity index (χ0n) is 17.6. The van der Waals surface area contributed by atoms with Crippen LogP contribution < -0.4 is 0 Å². The highest BCUT2D eigenvalue weighted by molar-refractivity contribution is 6.15. The summed E-state index contributed by atoms with van der Waals surface area (Å²) in [6.07, 6.45) is -3.24. The van der Waals surface area contributed by atoms with Gasteiger partial charge in [0.05, 0.1) is 23.2 Å². The van der Waals surface area contributed by atoms with Crippen molar-refractivity contribution in [1.82, 2.24) is 4.98 Å². The van der Waals surface area contributed by atoms with Gasteiger partial charge < -0.3 is 15.2 Å². The van der Waals surface area contributed by atoms with E-state index in [1.807, 2.05) is 0 Å². The predicted molar refractivity (Wildman–Crippen MR) is 120 cm³/mol. The molecular formula is C26H18F3NO4. The first-order chi connectivity index (χ1) is 16.1. The van der Waals surface area contributed by atoms with Gasteiger partial charge in [-0.25, -0.2) is 0 Å². The first kappa shape index (κ1) is 22.8. The topological polar surface area (TPSA) is 90.4 Å². The van der Waals surface area contributed by atoms with E-state index in [1.165, 1.54) is 18.3 Å². The molecule has 0 amide bonds. The molecule has 0 saturated heterocycles. The van der Waals surface area contributed by atoms with Crippen LogP contribution in [-0.4, -0.2) is 26.9 Å². The number of rotatable bonds is 6. The lowest BCUT2D eigenvalue weighted by molar-refractivity contribution is -0.138. The summed E-state index contributed by atoms with van der Waals surface area (Å²) in [6.45, 7) is 0. The highest BCUT2D eigenvalue weighted by Gasteiger charge is 2.30. The fourth-order valence-corrected chi connectivity index (χ4v) is 3.69. The van der Waals surface area contributed by atoms with Crippen molar-refractivity contribution in [2.75, 3.05) is 0 Å². The van der Waals surface area contributed by atoms with E-state index < -0.39 is 23.5 Å². The number of carbonyl (C=O) groups excluding carboxylic acids is 1. The summed E-state index contributed by atoms with van der Waals surface area (Å²) in [4.78, 5) is 27.0. The molecule has 0 unspecified atom stereocenters. The molecule has 0 spiro atoms. The van der Waals surface area contributed by atoms with Crippen LogP contribution in [0.25, 0.3) is 22.4 Å². The van der Waals surface area contributed by atoms with Crippen molar-refractivity contribution < 1.29 is 33.0 Å². The summed E-state index contributed by atoms with van der Waals surface area (Å²) >= 11 is 0. The van der Waals surface area contributed by atoms with Gasteiger partial charge in [0, 0.05) is 17.3 Å². The monoisotopic (exact) mass is 465 g/mol. The summed E-state index contributed by atoms with van der Waals surface area (Å²) in [7, 11) is 0. The van der Waals surface area contributed by atoms with Gasteiger partial charge in [0.2, 0.25) is 0 Å². The Morgan fingerprint density at radius 2 is 1.44 bits per heavy atom. The van der Waals surface area contributed by atoms with E-state index in [-0.39, 0.29) is 29.0 Å². The second-order valence-corrected chi connectivity index (χ2v) is 7.64. The zero-order chi connectivity index (χ0) is 24.5. The average Bonchev–Trinajstić information content (AvgIpc) is 3.19. The summed E-state index contributed by atoms with van der Waals surface area (Å²) in [5, 5.41) is 19.6. The molecule has 4 rings (SSSR count). The molecule has 8 heteroatoms. The van der Waals surface area contributed by atoms with Crippen molar-refractivity contribution in [3.8, 4) is 28.1 Å². The number of carboxylic acid groups (broad SMARTS) is 1. The maximum atomic E-state index is 13.3. The van der Waals surface area contributed by atoms with E-state index in [0.29, 0.717) is 22.3 Å². The Bertz CT molecular complexity index is 1350. The van der Waals surface area contributed by atoms with Crippen LogP contribution in [-0.2, 0) is 17.4 Å². The number of carbonyl (C=O) groups is 2. The molecule has 3 aromatic carbocycles. The van der Waals surface area contributed by atoms with E-state index in [1.54, 1.807) is 48.5 Å². The van der Waals surface area contributed by atoms with Gasteiger partial charge >= 0.3 is 12.1 Å². The number of alkyl halides is 3. The minimum absolute atomic E-state index is 0.00368. The normalized spacial score (nSPS) is 11.4. The molecule has 172 valence electrons. The maximum absolute atomic E-state index is 13.3. The molecule has 4 aromatic rings. The molecule has 0 atom stereocenters. The molecule has 5 nitrogen and oxygen atoms in total. The number of aromatic amines is 1. The van der Waals surface area contributed by atoms with Crippen molar-refractivity contribution in [2.24, 2.45) is 0 Å². The highest BCUT2D eigenvalue weighted by atomic mass is 19.4. The summed E-state index contributed by atoms with van der Waals surface area (Å²) in [6, 6.07) is 17.5. The Morgan fingerprint density at radius 1 is 0.824 bits per heavy atom. The highest BCUT2D eigenvalue weighted by Crippen LogP contribution is 2.36. The molecule has 0 fully saturated rings. The Balaban J connectivity index is 1.66. The fraction of sp³-hybridized carbons (Fsp3) is 0.0769. The third-order valence-electron chi connectivity index (χ3n) is 5.39. The van der Waals surface area contributed by atoms with E-state index in [9.17, 15) is 27.9 Å². The third-order valence-corrected chi connectivity index (χ3v) is 5.39. The second kappa shape index (κ2) is 8.90. The molecule has 0 aliphatic carbocycles. The number of ketones is 1.